The van der Waals surface area contributed by atoms with Crippen LogP contribution in [0.25, 0.3) is 111 Å². The fourth-order valence-corrected chi connectivity index (χ4v) is 11.2. The summed E-state index contributed by atoms with van der Waals surface area (Å²) in [6, 6.07) is 68.8. The first-order valence-electron chi connectivity index (χ1n) is 22.3. The molecule has 64 heavy (non-hydrogen) atoms. The summed E-state index contributed by atoms with van der Waals surface area (Å²) in [4.78, 5) is 15.6. The van der Waals surface area contributed by atoms with Crippen LogP contribution in [0.1, 0.15) is 49.9 Å². The molecular formula is C61H43N3. The summed E-state index contributed by atoms with van der Waals surface area (Å²) in [5, 5.41) is 6.72. The van der Waals surface area contributed by atoms with Gasteiger partial charge in [-0.15, -0.1) is 0 Å². The Kier molecular flexibility index (Phi) is 7.71. The monoisotopic (exact) mass is 817 g/mol. The summed E-state index contributed by atoms with van der Waals surface area (Å²) in [6.45, 7) is 9.37. The summed E-state index contributed by atoms with van der Waals surface area (Å²) >= 11 is 0. The van der Waals surface area contributed by atoms with Crippen LogP contribution >= 0.6 is 0 Å². The minimum atomic E-state index is -0.0626. The van der Waals surface area contributed by atoms with Crippen molar-refractivity contribution < 1.29 is 0 Å². The van der Waals surface area contributed by atoms with E-state index in [0.717, 1.165) is 33.3 Å². The van der Waals surface area contributed by atoms with Crippen molar-refractivity contribution >= 4 is 43.6 Å². The smallest absolute Gasteiger partial charge is 0.162 e. The summed E-state index contributed by atoms with van der Waals surface area (Å²) in [6.07, 6.45) is 0. The zero-order chi connectivity index (χ0) is 42.9. The number of hydrogen-bond donors (Lipinski definition) is 0. The van der Waals surface area contributed by atoms with Gasteiger partial charge in [-0.05, 0) is 131 Å². The molecule has 2 aliphatic rings. The Morgan fingerprint density at radius 3 is 1.09 bits per heavy atom. The Morgan fingerprint density at radius 1 is 0.281 bits per heavy atom. The van der Waals surface area contributed by atoms with Crippen molar-refractivity contribution in [3.63, 3.8) is 0 Å². The van der Waals surface area contributed by atoms with E-state index in [-0.39, 0.29) is 10.8 Å². The van der Waals surface area contributed by atoms with Crippen LogP contribution in [-0.2, 0) is 10.8 Å². The van der Waals surface area contributed by atoms with Crippen molar-refractivity contribution in [3.05, 3.63) is 210 Å². The fourth-order valence-electron chi connectivity index (χ4n) is 11.2. The van der Waals surface area contributed by atoms with Crippen molar-refractivity contribution in [1.29, 1.82) is 0 Å². The van der Waals surface area contributed by atoms with Crippen LogP contribution < -0.4 is 0 Å². The number of rotatable bonds is 4. The lowest BCUT2D eigenvalue weighted by Crippen LogP contribution is -2.14. The van der Waals surface area contributed by atoms with Gasteiger partial charge in [-0.3, -0.25) is 0 Å². The van der Waals surface area contributed by atoms with Gasteiger partial charge in [0.1, 0.15) is 0 Å². The van der Waals surface area contributed by atoms with Gasteiger partial charge in [-0.25, -0.2) is 15.0 Å². The minimum Gasteiger partial charge on any atom is -0.228 e. The maximum Gasteiger partial charge on any atom is 0.162 e. The molecule has 0 unspecified atom stereocenters. The largest absolute Gasteiger partial charge is 0.228 e. The molecule has 3 aromatic heterocycles. The van der Waals surface area contributed by atoms with E-state index in [0.29, 0.717) is 11.3 Å². The van der Waals surface area contributed by atoms with Gasteiger partial charge in [-0.1, -0.05) is 173 Å². The number of aromatic nitrogens is 3. The molecule has 0 saturated carbocycles. The maximum atomic E-state index is 5.23. The highest BCUT2D eigenvalue weighted by Gasteiger charge is 2.36. The lowest BCUT2D eigenvalue weighted by atomic mass is 9.81. The molecule has 0 fully saturated rings. The Morgan fingerprint density at radius 2 is 0.641 bits per heavy atom. The first-order chi connectivity index (χ1) is 31.2. The number of pyridine rings is 3. The van der Waals surface area contributed by atoms with E-state index >= 15 is 0 Å². The molecule has 0 N–H and O–H groups in total. The molecule has 0 amide bonds. The topological polar surface area (TPSA) is 38.7 Å². The van der Waals surface area contributed by atoms with Crippen LogP contribution in [0, 0.1) is 0 Å². The van der Waals surface area contributed by atoms with Gasteiger partial charge in [0.2, 0.25) is 0 Å². The second-order valence-corrected chi connectivity index (χ2v) is 18.7. The van der Waals surface area contributed by atoms with Gasteiger partial charge >= 0.3 is 0 Å². The van der Waals surface area contributed by atoms with E-state index in [1.165, 1.54) is 88.3 Å². The van der Waals surface area contributed by atoms with Crippen LogP contribution in [0.4, 0.5) is 0 Å². The number of hydrogen-bond acceptors (Lipinski definition) is 3. The van der Waals surface area contributed by atoms with Gasteiger partial charge in [-0.2, -0.15) is 0 Å². The van der Waals surface area contributed by atoms with E-state index in [9.17, 15) is 0 Å². The Hall–Kier alpha value is -7.75. The Bertz CT molecular complexity index is 3550. The van der Waals surface area contributed by atoms with Crippen molar-refractivity contribution in [1.82, 2.24) is 15.0 Å². The second kappa shape index (κ2) is 13.4. The summed E-state index contributed by atoms with van der Waals surface area (Å²) in [7, 11) is 0. The zero-order valence-electron chi connectivity index (χ0n) is 36.2. The third kappa shape index (κ3) is 5.31. The molecule has 0 aliphatic heterocycles. The molecule has 3 nitrogen and oxygen atoms in total. The molecule has 0 bridgehead atoms. The van der Waals surface area contributed by atoms with Gasteiger partial charge in [0.05, 0.1) is 11.4 Å². The first kappa shape index (κ1) is 36.9. The van der Waals surface area contributed by atoms with Gasteiger partial charge < -0.3 is 0 Å². The van der Waals surface area contributed by atoms with E-state index in [4.69, 9.17) is 15.0 Å². The molecule has 0 atom stereocenters. The zero-order valence-corrected chi connectivity index (χ0v) is 36.2. The van der Waals surface area contributed by atoms with Crippen LogP contribution in [0.3, 0.4) is 0 Å². The van der Waals surface area contributed by atoms with E-state index in [1.54, 1.807) is 0 Å². The molecule has 0 radical (unpaired) electrons. The predicted molar refractivity (Wildman–Crippen MR) is 267 cm³/mol. The molecule has 3 heteroatoms. The molecule has 11 aromatic rings. The lowest BCUT2D eigenvalue weighted by Gasteiger charge is -2.22. The average Bonchev–Trinajstić information content (AvgIpc) is 3.71. The highest BCUT2D eigenvalue weighted by Crippen LogP contribution is 2.52. The number of nitrogens with zero attached hydrogens (tertiary/aromatic N) is 3. The minimum absolute atomic E-state index is 0.0626. The third-order valence-corrected chi connectivity index (χ3v) is 14.5. The Labute approximate surface area is 372 Å². The fraction of sp³-hybridized carbons (Fsp3) is 0.0984. The predicted octanol–water partition coefficient (Wildman–Crippen LogP) is 15.8. The summed E-state index contributed by atoms with van der Waals surface area (Å²) in [5.41, 5.74) is 21.0. The molecular weight excluding hydrogens is 775 g/mol. The van der Waals surface area contributed by atoms with Gasteiger partial charge in [0.25, 0.3) is 0 Å². The van der Waals surface area contributed by atoms with Crippen molar-refractivity contribution in [2.75, 3.05) is 0 Å². The molecule has 302 valence electrons. The normalized spacial score (nSPS) is 14.2. The molecule has 0 spiro atoms. The van der Waals surface area contributed by atoms with Gasteiger partial charge in [0, 0.05) is 32.7 Å². The van der Waals surface area contributed by atoms with Crippen LogP contribution in [0.5, 0.6) is 0 Å². The molecule has 0 saturated heterocycles. The molecule has 3 heterocycles. The quantitative estimate of drug-likeness (QED) is 0.166. The van der Waals surface area contributed by atoms with Crippen LogP contribution in [0.15, 0.2) is 188 Å². The molecule has 13 rings (SSSR count). The first-order valence-corrected chi connectivity index (χ1v) is 22.3. The molecule has 8 aromatic carbocycles. The third-order valence-electron chi connectivity index (χ3n) is 14.5. The average molecular weight is 818 g/mol. The lowest BCUT2D eigenvalue weighted by molar-refractivity contribution is 0.660. The van der Waals surface area contributed by atoms with Crippen molar-refractivity contribution in [3.8, 4) is 67.0 Å². The van der Waals surface area contributed by atoms with Gasteiger partial charge in [0.15, 0.2) is 11.3 Å². The van der Waals surface area contributed by atoms with E-state index in [2.05, 4.69) is 216 Å². The highest BCUT2D eigenvalue weighted by atomic mass is 14.9. The SMILES string of the molecule is CC1(C)c2ccccc2-c2ccc(-c3ccc(-c4ccc5cc6ccc(-c7ccc(-c8ccc9c(c8)C(C)(C)c8ccccc8-9)c8ccccc78)nc6nc5n4)c4ccccc34)cc21. The van der Waals surface area contributed by atoms with Crippen LogP contribution in [-0.4, -0.2) is 15.0 Å². The van der Waals surface area contributed by atoms with Crippen LogP contribution in [0.2, 0.25) is 0 Å². The Balaban J connectivity index is 0.872. The second-order valence-electron chi connectivity index (χ2n) is 18.7. The van der Waals surface area contributed by atoms with Crippen molar-refractivity contribution in [2.45, 2.75) is 38.5 Å². The van der Waals surface area contributed by atoms with E-state index in [1.807, 2.05) is 0 Å². The molecule has 2 aliphatic carbocycles. The summed E-state index contributed by atoms with van der Waals surface area (Å²) in [5.74, 6) is 0. The highest BCUT2D eigenvalue weighted by molar-refractivity contribution is 6.07. The van der Waals surface area contributed by atoms with Crippen molar-refractivity contribution in [2.24, 2.45) is 0 Å². The standard InChI is InChI=1S/C61H43N3/c1-60(2)52-19-11-9-17-46(52)48-25-21-36(34-54(48)60)40-27-29-50(44-15-7-5-13-42(40)44)56-31-23-38-33-39-24-32-57(63-59(39)64-58(38)62-56)51-30-28-41(43-14-6-8-16-45(43)51)37-22-26-49-47-18-10-12-20-53(47)61(3,4)55(49)35-37/h5-35H,1-4H3. The number of fused-ring (bicyclic) bond motifs is 10. The number of benzene rings is 8. The maximum absolute atomic E-state index is 5.23. The van der Waals surface area contributed by atoms with E-state index < -0.39 is 0 Å². The summed E-state index contributed by atoms with van der Waals surface area (Å²) < 4.78 is 0.